The zero-order chi connectivity index (χ0) is 33.0. The second-order valence-corrected chi connectivity index (χ2v) is 10.5. The van der Waals surface area contributed by atoms with Crippen molar-refractivity contribution >= 4 is 45.6 Å². The molecule has 0 saturated carbocycles. The fraction of sp³-hybridized carbons (Fsp3) is 0.600. The van der Waals surface area contributed by atoms with Gasteiger partial charge in [0, 0.05) is 36.3 Å². The summed E-state index contributed by atoms with van der Waals surface area (Å²) in [5.74, 6) is -0.486. The van der Waals surface area contributed by atoms with Crippen LogP contribution in [-0.2, 0) is 44.7 Å². The molecule has 2 rings (SSSR count). The molecule has 0 aliphatic carbocycles. The SMILES string of the molecule is CNCCOCCOCC(=O)NCCOCCOCC(=O)NCCCC[C@@H](C=O)NC(=O)OCc1cc2ccccc2s1.CO. The monoisotopic (exact) mass is 656 g/mol. The summed E-state index contributed by atoms with van der Waals surface area (Å²) in [5.41, 5.74) is 0. The molecule has 5 N–H and O–H groups in total. The molecule has 2 aromatic rings. The van der Waals surface area contributed by atoms with Crippen LogP contribution < -0.4 is 21.3 Å². The Kier molecular flexibility index (Phi) is 24.0. The summed E-state index contributed by atoms with van der Waals surface area (Å²) in [6.07, 6.45) is 1.74. The van der Waals surface area contributed by atoms with Gasteiger partial charge >= 0.3 is 6.09 Å². The molecule has 0 aliphatic heterocycles. The lowest BCUT2D eigenvalue weighted by molar-refractivity contribution is -0.127. The van der Waals surface area contributed by atoms with Crippen molar-refractivity contribution < 1.29 is 48.0 Å². The number of aliphatic hydroxyl groups is 1. The van der Waals surface area contributed by atoms with Crippen LogP contribution in [0.1, 0.15) is 24.1 Å². The lowest BCUT2D eigenvalue weighted by atomic mass is 10.1. The molecule has 0 saturated heterocycles. The highest BCUT2D eigenvalue weighted by molar-refractivity contribution is 7.19. The number of nitrogens with one attached hydrogen (secondary N) is 4. The summed E-state index contributed by atoms with van der Waals surface area (Å²) < 4.78 is 27.5. The Hall–Kier alpha value is -3.18. The maximum atomic E-state index is 12.1. The highest BCUT2D eigenvalue weighted by Crippen LogP contribution is 2.25. The molecule has 3 amide bonds. The molecule has 0 unspecified atom stereocenters. The molecule has 1 aromatic carbocycles. The molecule has 45 heavy (non-hydrogen) atoms. The Balaban J connectivity index is 0.00000496. The fourth-order valence-corrected chi connectivity index (χ4v) is 4.62. The van der Waals surface area contributed by atoms with E-state index in [2.05, 4.69) is 21.3 Å². The normalized spacial score (nSPS) is 11.3. The van der Waals surface area contributed by atoms with Gasteiger partial charge in [0.2, 0.25) is 11.8 Å². The van der Waals surface area contributed by atoms with Gasteiger partial charge in [0.05, 0.1) is 45.7 Å². The van der Waals surface area contributed by atoms with Crippen molar-refractivity contribution in [3.8, 4) is 0 Å². The first-order valence-electron chi connectivity index (χ1n) is 14.8. The van der Waals surface area contributed by atoms with Crippen LogP contribution in [0.5, 0.6) is 0 Å². The first kappa shape index (κ1) is 39.8. The predicted octanol–water partition coefficient (Wildman–Crippen LogP) is 0.992. The topological polar surface area (TPSA) is 183 Å². The Morgan fingerprint density at radius 1 is 0.844 bits per heavy atom. The third-order valence-corrected chi connectivity index (χ3v) is 6.92. The van der Waals surface area contributed by atoms with Crippen molar-refractivity contribution in [2.75, 3.05) is 86.6 Å². The van der Waals surface area contributed by atoms with Crippen LogP contribution in [0.4, 0.5) is 4.79 Å². The van der Waals surface area contributed by atoms with E-state index in [1.165, 1.54) is 0 Å². The van der Waals surface area contributed by atoms with Crippen molar-refractivity contribution in [1.29, 1.82) is 0 Å². The number of amides is 3. The average molecular weight is 657 g/mol. The quantitative estimate of drug-likeness (QED) is 0.0759. The number of carbonyl (C=O) groups is 4. The van der Waals surface area contributed by atoms with Crippen LogP contribution in [-0.4, -0.2) is 122 Å². The first-order chi connectivity index (χ1) is 22.0. The van der Waals surface area contributed by atoms with Crippen LogP contribution in [0, 0.1) is 0 Å². The number of likely N-dealkylation sites (N-methyl/N-ethyl adjacent to an activating group) is 1. The molecule has 254 valence electrons. The molecule has 0 radical (unpaired) electrons. The number of aldehydes is 1. The van der Waals surface area contributed by atoms with Gasteiger partial charge in [-0.3, -0.25) is 9.59 Å². The lowest BCUT2D eigenvalue weighted by Gasteiger charge is -2.13. The maximum Gasteiger partial charge on any atom is 0.408 e. The van der Waals surface area contributed by atoms with Crippen LogP contribution in [0.15, 0.2) is 30.3 Å². The summed E-state index contributed by atoms with van der Waals surface area (Å²) >= 11 is 1.56. The van der Waals surface area contributed by atoms with Gasteiger partial charge in [-0.15, -0.1) is 11.3 Å². The van der Waals surface area contributed by atoms with E-state index in [0.29, 0.717) is 65.1 Å². The number of ether oxygens (including phenoxy) is 5. The molecule has 0 fully saturated rings. The van der Waals surface area contributed by atoms with Crippen molar-refractivity contribution in [2.45, 2.75) is 31.9 Å². The van der Waals surface area contributed by atoms with Gasteiger partial charge in [-0.25, -0.2) is 4.79 Å². The summed E-state index contributed by atoms with van der Waals surface area (Å²) in [4.78, 5) is 47.9. The molecule has 14 nitrogen and oxygen atoms in total. The second-order valence-electron chi connectivity index (χ2n) is 9.34. The van der Waals surface area contributed by atoms with Crippen LogP contribution in [0.25, 0.3) is 10.1 Å². The largest absolute Gasteiger partial charge is 0.444 e. The Bertz CT molecular complexity index is 1050. The highest BCUT2D eigenvalue weighted by Gasteiger charge is 2.13. The fourth-order valence-electron chi connectivity index (χ4n) is 3.64. The molecular formula is C30H48N4O10S. The van der Waals surface area contributed by atoms with Crippen LogP contribution in [0.3, 0.4) is 0 Å². The molecular weight excluding hydrogens is 608 g/mol. The molecule has 0 bridgehead atoms. The van der Waals surface area contributed by atoms with Gasteiger partial charge in [-0.1, -0.05) is 18.2 Å². The summed E-state index contributed by atoms with van der Waals surface area (Å²) in [5, 5.41) is 19.1. The highest BCUT2D eigenvalue weighted by atomic mass is 32.1. The van der Waals surface area contributed by atoms with E-state index in [1.54, 1.807) is 11.3 Å². The van der Waals surface area contributed by atoms with Crippen LogP contribution >= 0.6 is 11.3 Å². The molecule has 0 aliphatic rings. The lowest BCUT2D eigenvalue weighted by Crippen LogP contribution is -2.36. The summed E-state index contributed by atoms with van der Waals surface area (Å²) in [7, 11) is 2.84. The summed E-state index contributed by atoms with van der Waals surface area (Å²) in [6, 6.07) is 9.24. The van der Waals surface area contributed by atoms with E-state index in [0.717, 1.165) is 28.6 Å². The van der Waals surface area contributed by atoms with E-state index in [9.17, 15) is 19.2 Å². The number of fused-ring (bicyclic) bond motifs is 1. The minimum absolute atomic E-state index is 0.0365. The van der Waals surface area contributed by atoms with Gasteiger partial charge in [-0.2, -0.15) is 0 Å². The molecule has 0 spiro atoms. The number of thiophene rings is 1. The Morgan fingerprint density at radius 2 is 1.47 bits per heavy atom. The van der Waals surface area contributed by atoms with E-state index in [4.69, 9.17) is 28.8 Å². The third-order valence-electron chi connectivity index (χ3n) is 5.83. The van der Waals surface area contributed by atoms with Crippen molar-refractivity contribution in [3.63, 3.8) is 0 Å². The van der Waals surface area contributed by atoms with Gasteiger partial charge in [0.15, 0.2) is 0 Å². The van der Waals surface area contributed by atoms with Gasteiger partial charge < -0.3 is 54.9 Å². The number of hydrogen-bond acceptors (Lipinski definition) is 12. The maximum absolute atomic E-state index is 12.1. The number of carbonyl (C=O) groups excluding carboxylic acids is 4. The molecule has 1 aromatic heterocycles. The Labute approximate surface area is 268 Å². The first-order valence-corrected chi connectivity index (χ1v) is 15.6. The van der Waals surface area contributed by atoms with Crippen LogP contribution in [0.2, 0.25) is 0 Å². The van der Waals surface area contributed by atoms with E-state index >= 15 is 0 Å². The third kappa shape index (κ3) is 20.5. The van der Waals surface area contributed by atoms with Crippen molar-refractivity contribution in [1.82, 2.24) is 21.3 Å². The van der Waals surface area contributed by atoms with E-state index in [1.807, 2.05) is 37.4 Å². The number of rotatable bonds is 25. The molecule has 15 heteroatoms. The Morgan fingerprint density at radius 3 is 2.11 bits per heavy atom. The van der Waals surface area contributed by atoms with Crippen molar-refractivity contribution in [3.05, 3.63) is 35.2 Å². The van der Waals surface area contributed by atoms with E-state index < -0.39 is 12.1 Å². The van der Waals surface area contributed by atoms with Gasteiger partial charge in [0.1, 0.15) is 26.1 Å². The number of aliphatic hydroxyl groups excluding tert-OH is 1. The molecule has 1 atom stereocenters. The van der Waals surface area contributed by atoms with E-state index in [-0.39, 0.29) is 44.8 Å². The number of benzene rings is 1. The van der Waals surface area contributed by atoms with Gasteiger partial charge in [0.25, 0.3) is 0 Å². The minimum atomic E-state index is -0.658. The number of hydrogen-bond donors (Lipinski definition) is 5. The second kappa shape index (κ2) is 27.2. The standard InChI is InChI=1S/C29H44N4O9S.CH4O/c1-30-10-12-38-14-16-41-22-28(36)32-11-13-39-15-17-40-21-27(35)31-9-5-4-7-24(19-34)33-29(37)42-20-25-18-23-6-2-3-8-26(23)43-25;1-2/h2-3,6,8,18-19,24,30H,4-5,7,9-17,20-22H2,1H3,(H,31,35)(H,32,36)(H,33,37);2H,1H3/t24-;/m0./s1. The smallest absolute Gasteiger partial charge is 0.408 e. The zero-order valence-electron chi connectivity index (χ0n) is 26.2. The van der Waals surface area contributed by atoms with Crippen molar-refractivity contribution in [2.24, 2.45) is 0 Å². The number of unbranched alkanes of at least 4 members (excludes halogenated alkanes) is 1. The minimum Gasteiger partial charge on any atom is -0.444 e. The average Bonchev–Trinajstić information content (AvgIpc) is 3.48. The predicted molar refractivity (Wildman–Crippen MR) is 170 cm³/mol. The summed E-state index contributed by atoms with van der Waals surface area (Å²) in [6.45, 7) is 3.76. The molecule has 1 heterocycles. The van der Waals surface area contributed by atoms with Gasteiger partial charge in [-0.05, 0) is 43.8 Å². The number of alkyl carbamates (subject to hydrolysis) is 1. The zero-order valence-corrected chi connectivity index (χ0v) is 27.0.